The molecule has 0 aliphatic rings. The highest BCUT2D eigenvalue weighted by atomic mass is 32.2. The molecule has 4 nitrogen and oxygen atoms in total. The Labute approximate surface area is 127 Å². The summed E-state index contributed by atoms with van der Waals surface area (Å²) in [6, 6.07) is 18.0. The predicted molar refractivity (Wildman–Crippen MR) is 84.4 cm³/mol. The minimum Gasteiger partial charge on any atom is -0.496 e. The Bertz CT molecular complexity index is 712. The van der Waals surface area contributed by atoms with Crippen LogP contribution < -0.4 is 4.74 Å². The molecule has 0 radical (unpaired) electrons. The topological polar surface area (TPSA) is 50.8 Å². The SMILES string of the molecule is COc1ccccc1-c1nc(SCc2ccccc2)n[nH]1. The van der Waals surface area contributed by atoms with Gasteiger partial charge in [0.2, 0.25) is 5.16 Å². The molecule has 1 heterocycles. The molecule has 0 aliphatic carbocycles. The monoisotopic (exact) mass is 297 g/mol. The number of aromatic amines is 1. The normalized spacial score (nSPS) is 10.5. The quantitative estimate of drug-likeness (QED) is 0.728. The van der Waals surface area contributed by atoms with Crippen molar-refractivity contribution in [2.45, 2.75) is 10.9 Å². The summed E-state index contributed by atoms with van der Waals surface area (Å²) in [7, 11) is 1.65. The van der Waals surface area contributed by atoms with Crippen LogP contribution in [0.3, 0.4) is 0 Å². The van der Waals surface area contributed by atoms with Gasteiger partial charge in [0.05, 0.1) is 12.7 Å². The van der Waals surface area contributed by atoms with Gasteiger partial charge in [-0.15, -0.1) is 5.10 Å². The lowest BCUT2D eigenvalue weighted by Gasteiger charge is -2.04. The van der Waals surface area contributed by atoms with Crippen molar-refractivity contribution in [1.82, 2.24) is 15.2 Å². The first-order valence-corrected chi connectivity index (χ1v) is 7.58. The molecule has 3 rings (SSSR count). The summed E-state index contributed by atoms with van der Waals surface area (Å²) < 4.78 is 5.34. The predicted octanol–water partition coefficient (Wildman–Crippen LogP) is 3.77. The van der Waals surface area contributed by atoms with Gasteiger partial charge in [0.25, 0.3) is 0 Å². The third-order valence-electron chi connectivity index (χ3n) is 3.04. The van der Waals surface area contributed by atoms with E-state index in [0.717, 1.165) is 28.0 Å². The molecule has 0 unspecified atom stereocenters. The zero-order valence-corrected chi connectivity index (χ0v) is 12.4. The number of rotatable bonds is 5. The number of hydrogen-bond acceptors (Lipinski definition) is 4. The van der Waals surface area contributed by atoms with Crippen LogP contribution in [0.25, 0.3) is 11.4 Å². The van der Waals surface area contributed by atoms with Crippen LogP contribution in [0.2, 0.25) is 0 Å². The van der Waals surface area contributed by atoms with E-state index >= 15 is 0 Å². The zero-order chi connectivity index (χ0) is 14.5. The Morgan fingerprint density at radius 2 is 1.81 bits per heavy atom. The molecule has 5 heteroatoms. The van der Waals surface area contributed by atoms with Crippen LogP contribution in [-0.2, 0) is 5.75 Å². The third kappa shape index (κ3) is 3.25. The minimum absolute atomic E-state index is 0.725. The molecule has 0 fully saturated rings. The van der Waals surface area contributed by atoms with Gasteiger partial charge < -0.3 is 4.74 Å². The van der Waals surface area contributed by atoms with Gasteiger partial charge >= 0.3 is 0 Å². The Morgan fingerprint density at radius 3 is 2.62 bits per heavy atom. The van der Waals surface area contributed by atoms with Crippen molar-refractivity contribution in [1.29, 1.82) is 0 Å². The molecule has 0 bridgehead atoms. The summed E-state index contributed by atoms with van der Waals surface area (Å²) in [6.07, 6.45) is 0. The molecule has 21 heavy (non-hydrogen) atoms. The number of nitrogens with one attached hydrogen (secondary N) is 1. The van der Waals surface area contributed by atoms with Gasteiger partial charge in [-0.3, -0.25) is 5.10 Å². The molecular formula is C16H15N3OS. The van der Waals surface area contributed by atoms with Gasteiger partial charge in [0.15, 0.2) is 5.82 Å². The van der Waals surface area contributed by atoms with Crippen LogP contribution in [0.4, 0.5) is 0 Å². The van der Waals surface area contributed by atoms with E-state index in [1.54, 1.807) is 18.9 Å². The molecule has 106 valence electrons. The fourth-order valence-corrected chi connectivity index (χ4v) is 2.75. The van der Waals surface area contributed by atoms with Crippen molar-refractivity contribution in [2.75, 3.05) is 7.11 Å². The highest BCUT2D eigenvalue weighted by molar-refractivity contribution is 7.98. The highest BCUT2D eigenvalue weighted by Gasteiger charge is 2.10. The lowest BCUT2D eigenvalue weighted by atomic mass is 10.2. The van der Waals surface area contributed by atoms with Gasteiger partial charge in [-0.05, 0) is 17.7 Å². The second-order valence-electron chi connectivity index (χ2n) is 4.44. The van der Waals surface area contributed by atoms with Crippen LogP contribution in [0.15, 0.2) is 59.8 Å². The van der Waals surface area contributed by atoms with Gasteiger partial charge in [-0.25, -0.2) is 4.98 Å². The fraction of sp³-hybridized carbons (Fsp3) is 0.125. The first-order chi connectivity index (χ1) is 10.4. The largest absolute Gasteiger partial charge is 0.496 e. The molecule has 1 N–H and O–H groups in total. The molecule has 0 amide bonds. The standard InChI is InChI=1S/C16H15N3OS/c1-20-14-10-6-5-9-13(14)15-17-16(19-18-15)21-11-12-7-3-2-4-8-12/h2-10H,11H2,1H3,(H,17,18,19). The van der Waals surface area contributed by atoms with E-state index in [0.29, 0.717) is 0 Å². The second-order valence-corrected chi connectivity index (χ2v) is 5.38. The van der Waals surface area contributed by atoms with Crippen LogP contribution in [0.1, 0.15) is 5.56 Å². The van der Waals surface area contributed by atoms with E-state index in [-0.39, 0.29) is 0 Å². The fourth-order valence-electron chi connectivity index (χ4n) is 1.99. The number of hydrogen-bond donors (Lipinski definition) is 1. The van der Waals surface area contributed by atoms with Crippen molar-refractivity contribution in [3.63, 3.8) is 0 Å². The number of para-hydroxylation sites is 1. The maximum atomic E-state index is 5.34. The lowest BCUT2D eigenvalue weighted by Crippen LogP contribution is -1.88. The average Bonchev–Trinajstić information content (AvgIpc) is 3.02. The van der Waals surface area contributed by atoms with E-state index in [1.165, 1.54) is 5.56 Å². The summed E-state index contributed by atoms with van der Waals surface area (Å²) in [6.45, 7) is 0. The number of methoxy groups -OCH3 is 1. The van der Waals surface area contributed by atoms with E-state index in [9.17, 15) is 0 Å². The molecule has 3 aromatic rings. The number of aromatic nitrogens is 3. The number of nitrogens with zero attached hydrogens (tertiary/aromatic N) is 2. The van der Waals surface area contributed by atoms with Crippen molar-refractivity contribution in [2.24, 2.45) is 0 Å². The van der Waals surface area contributed by atoms with Crippen LogP contribution in [0, 0.1) is 0 Å². The summed E-state index contributed by atoms with van der Waals surface area (Å²) in [4.78, 5) is 4.52. The molecule has 0 saturated heterocycles. The van der Waals surface area contributed by atoms with Crippen LogP contribution in [0.5, 0.6) is 5.75 Å². The Kier molecular flexibility index (Phi) is 4.21. The number of benzene rings is 2. The van der Waals surface area contributed by atoms with Gasteiger partial charge in [0.1, 0.15) is 5.75 Å². The number of ether oxygens (including phenoxy) is 1. The van der Waals surface area contributed by atoms with Gasteiger partial charge in [0, 0.05) is 5.75 Å². The Balaban J connectivity index is 1.74. The van der Waals surface area contributed by atoms with Crippen LogP contribution in [-0.4, -0.2) is 22.3 Å². The van der Waals surface area contributed by atoms with Crippen LogP contribution >= 0.6 is 11.8 Å². The smallest absolute Gasteiger partial charge is 0.209 e. The molecule has 0 spiro atoms. The summed E-state index contributed by atoms with van der Waals surface area (Å²) >= 11 is 1.61. The first kappa shape index (κ1) is 13.7. The van der Waals surface area contributed by atoms with E-state index < -0.39 is 0 Å². The molecule has 1 aromatic heterocycles. The van der Waals surface area contributed by atoms with E-state index in [2.05, 4.69) is 27.3 Å². The number of H-pyrrole nitrogens is 1. The highest BCUT2D eigenvalue weighted by Crippen LogP contribution is 2.28. The number of thioether (sulfide) groups is 1. The minimum atomic E-state index is 0.725. The van der Waals surface area contributed by atoms with Crippen molar-refractivity contribution in [3.05, 3.63) is 60.2 Å². The Morgan fingerprint density at radius 1 is 1.05 bits per heavy atom. The summed E-state index contributed by atoms with van der Waals surface area (Å²) in [5.74, 6) is 2.36. The third-order valence-corrected chi connectivity index (χ3v) is 3.96. The molecule has 0 atom stereocenters. The Hall–Kier alpha value is -2.27. The summed E-state index contributed by atoms with van der Waals surface area (Å²) in [5, 5.41) is 7.96. The van der Waals surface area contributed by atoms with E-state index in [1.807, 2.05) is 42.5 Å². The van der Waals surface area contributed by atoms with E-state index in [4.69, 9.17) is 4.74 Å². The maximum absolute atomic E-state index is 5.34. The van der Waals surface area contributed by atoms with Crippen molar-refractivity contribution >= 4 is 11.8 Å². The maximum Gasteiger partial charge on any atom is 0.209 e. The van der Waals surface area contributed by atoms with Gasteiger partial charge in [-0.2, -0.15) is 0 Å². The van der Waals surface area contributed by atoms with Gasteiger partial charge in [-0.1, -0.05) is 54.2 Å². The lowest BCUT2D eigenvalue weighted by molar-refractivity contribution is 0.416. The van der Waals surface area contributed by atoms with Crippen molar-refractivity contribution < 1.29 is 4.74 Å². The molecule has 0 aliphatic heterocycles. The zero-order valence-electron chi connectivity index (χ0n) is 11.6. The van der Waals surface area contributed by atoms with Crippen molar-refractivity contribution in [3.8, 4) is 17.1 Å². The molecular weight excluding hydrogens is 282 g/mol. The summed E-state index contributed by atoms with van der Waals surface area (Å²) in [5.41, 5.74) is 2.17. The average molecular weight is 297 g/mol. The molecule has 2 aromatic carbocycles. The first-order valence-electron chi connectivity index (χ1n) is 6.59. The second kappa shape index (κ2) is 6.45. The molecule has 0 saturated carbocycles.